The van der Waals surface area contributed by atoms with Gasteiger partial charge in [-0.15, -0.1) is 12.4 Å². The van der Waals surface area contributed by atoms with E-state index in [4.69, 9.17) is 9.47 Å². The van der Waals surface area contributed by atoms with Crippen molar-refractivity contribution >= 4 is 30.0 Å². The second-order valence-corrected chi connectivity index (χ2v) is 5.12. The number of ether oxygens (including phenoxy) is 2. The van der Waals surface area contributed by atoms with Crippen LogP contribution in [0.4, 0.5) is 5.69 Å². The number of carbonyl (C=O) groups excluding carboxylic acids is 2. The average Bonchev–Trinajstić information content (AvgIpc) is 2.48. The fourth-order valence-corrected chi connectivity index (χ4v) is 1.87. The van der Waals surface area contributed by atoms with Gasteiger partial charge in [0.15, 0.2) is 0 Å². The largest absolute Gasteiger partial charge is 0.489 e. The standard InChI is InChI=1S/C16H24N2O4.ClH/c1-11(2)22-14-8-7-12(16(20)21-4)10-13(14)18-15(19)6-5-9-17-3;/h7-8,10-11,17H,5-6,9H2,1-4H3,(H,18,19);1H. The van der Waals surface area contributed by atoms with E-state index in [0.717, 1.165) is 13.0 Å². The fourth-order valence-electron chi connectivity index (χ4n) is 1.87. The molecule has 23 heavy (non-hydrogen) atoms. The summed E-state index contributed by atoms with van der Waals surface area (Å²) >= 11 is 0. The molecule has 0 heterocycles. The molecule has 0 aliphatic rings. The first-order valence-electron chi connectivity index (χ1n) is 7.31. The van der Waals surface area contributed by atoms with E-state index in [0.29, 0.717) is 23.4 Å². The first-order chi connectivity index (χ1) is 10.5. The predicted octanol–water partition coefficient (Wildman–Crippen LogP) is 2.62. The molecule has 1 amide bonds. The zero-order chi connectivity index (χ0) is 16.5. The van der Waals surface area contributed by atoms with E-state index >= 15 is 0 Å². The molecule has 0 saturated carbocycles. The number of benzene rings is 1. The van der Waals surface area contributed by atoms with Crippen LogP contribution in [0.25, 0.3) is 0 Å². The molecule has 0 aliphatic carbocycles. The lowest BCUT2D eigenvalue weighted by Gasteiger charge is -2.16. The van der Waals surface area contributed by atoms with Gasteiger partial charge >= 0.3 is 5.97 Å². The van der Waals surface area contributed by atoms with Gasteiger partial charge in [-0.25, -0.2) is 4.79 Å². The lowest BCUT2D eigenvalue weighted by atomic mass is 10.1. The number of halogens is 1. The predicted molar refractivity (Wildman–Crippen MR) is 92.6 cm³/mol. The molecule has 7 heteroatoms. The zero-order valence-corrected chi connectivity index (χ0v) is 14.8. The molecule has 0 bridgehead atoms. The van der Waals surface area contributed by atoms with Crippen LogP contribution < -0.4 is 15.4 Å². The van der Waals surface area contributed by atoms with Crippen LogP contribution in [0.3, 0.4) is 0 Å². The van der Waals surface area contributed by atoms with Crippen LogP contribution in [0.2, 0.25) is 0 Å². The van der Waals surface area contributed by atoms with E-state index in [1.54, 1.807) is 18.2 Å². The molecular weight excluding hydrogens is 320 g/mol. The minimum atomic E-state index is -0.457. The number of anilines is 1. The lowest BCUT2D eigenvalue weighted by molar-refractivity contribution is -0.116. The molecule has 0 saturated heterocycles. The van der Waals surface area contributed by atoms with E-state index in [1.165, 1.54) is 7.11 Å². The maximum atomic E-state index is 12.0. The maximum absolute atomic E-state index is 12.0. The number of esters is 1. The van der Waals surface area contributed by atoms with Crippen LogP contribution >= 0.6 is 12.4 Å². The van der Waals surface area contributed by atoms with Gasteiger partial charge in [0, 0.05) is 6.42 Å². The van der Waals surface area contributed by atoms with Crippen LogP contribution in [-0.4, -0.2) is 38.7 Å². The molecule has 2 N–H and O–H groups in total. The van der Waals surface area contributed by atoms with E-state index in [9.17, 15) is 9.59 Å². The number of hydrogen-bond acceptors (Lipinski definition) is 5. The number of amides is 1. The molecule has 1 aromatic carbocycles. The summed E-state index contributed by atoms with van der Waals surface area (Å²) in [4.78, 5) is 23.6. The highest BCUT2D eigenvalue weighted by molar-refractivity contribution is 5.96. The van der Waals surface area contributed by atoms with Gasteiger partial charge < -0.3 is 20.1 Å². The van der Waals surface area contributed by atoms with Crippen LogP contribution in [0.5, 0.6) is 5.75 Å². The van der Waals surface area contributed by atoms with Crippen molar-refractivity contribution in [3.8, 4) is 5.75 Å². The molecule has 0 aromatic heterocycles. The monoisotopic (exact) mass is 344 g/mol. The molecule has 1 rings (SSSR count). The molecule has 6 nitrogen and oxygen atoms in total. The Morgan fingerprint density at radius 2 is 1.96 bits per heavy atom. The average molecular weight is 345 g/mol. The number of carbonyl (C=O) groups is 2. The SMILES string of the molecule is CNCCCC(=O)Nc1cc(C(=O)OC)ccc1OC(C)C.Cl. The van der Waals surface area contributed by atoms with Gasteiger partial charge in [-0.1, -0.05) is 0 Å². The summed E-state index contributed by atoms with van der Waals surface area (Å²) in [5.74, 6) is -0.0442. The Balaban J connectivity index is 0.00000484. The summed E-state index contributed by atoms with van der Waals surface area (Å²) in [5.41, 5.74) is 0.843. The Hall–Kier alpha value is -1.79. The van der Waals surface area contributed by atoms with E-state index in [-0.39, 0.29) is 24.4 Å². The fraction of sp³-hybridized carbons (Fsp3) is 0.500. The summed E-state index contributed by atoms with van der Waals surface area (Å²) in [6.07, 6.45) is 1.09. The number of rotatable bonds is 8. The first kappa shape index (κ1) is 21.2. The Morgan fingerprint density at radius 1 is 1.26 bits per heavy atom. The molecule has 0 fully saturated rings. The Labute approximate surface area is 143 Å². The van der Waals surface area contributed by atoms with Gasteiger partial charge in [0.05, 0.1) is 24.5 Å². The van der Waals surface area contributed by atoms with E-state index in [2.05, 4.69) is 10.6 Å². The van der Waals surface area contributed by atoms with Crippen molar-refractivity contribution in [2.75, 3.05) is 26.0 Å². The van der Waals surface area contributed by atoms with Crippen LogP contribution in [-0.2, 0) is 9.53 Å². The van der Waals surface area contributed by atoms with Crippen molar-refractivity contribution in [1.82, 2.24) is 5.32 Å². The first-order valence-corrected chi connectivity index (χ1v) is 7.31. The molecular formula is C16H25ClN2O4. The second-order valence-electron chi connectivity index (χ2n) is 5.12. The maximum Gasteiger partial charge on any atom is 0.337 e. The third kappa shape index (κ3) is 7.34. The summed E-state index contributed by atoms with van der Waals surface area (Å²) < 4.78 is 10.4. The highest BCUT2D eigenvalue weighted by Gasteiger charge is 2.14. The third-order valence-electron chi connectivity index (χ3n) is 2.87. The van der Waals surface area contributed by atoms with Gasteiger partial charge in [0.1, 0.15) is 5.75 Å². The highest BCUT2D eigenvalue weighted by Crippen LogP contribution is 2.27. The smallest absolute Gasteiger partial charge is 0.337 e. The van der Waals surface area contributed by atoms with Gasteiger partial charge in [0.2, 0.25) is 5.91 Å². The van der Waals surface area contributed by atoms with Gasteiger partial charge in [-0.2, -0.15) is 0 Å². The van der Waals surface area contributed by atoms with Crippen molar-refractivity contribution in [3.05, 3.63) is 23.8 Å². The number of hydrogen-bond donors (Lipinski definition) is 2. The number of methoxy groups -OCH3 is 1. The van der Waals surface area contributed by atoms with Crippen molar-refractivity contribution in [3.63, 3.8) is 0 Å². The molecule has 130 valence electrons. The van der Waals surface area contributed by atoms with Gasteiger partial charge in [-0.05, 0) is 52.1 Å². The minimum Gasteiger partial charge on any atom is -0.489 e. The Morgan fingerprint density at radius 3 is 2.52 bits per heavy atom. The van der Waals surface area contributed by atoms with Crippen LogP contribution in [0, 0.1) is 0 Å². The quantitative estimate of drug-likeness (QED) is 0.560. The highest BCUT2D eigenvalue weighted by atomic mass is 35.5. The molecule has 0 radical (unpaired) electrons. The summed E-state index contributed by atoms with van der Waals surface area (Å²) in [7, 11) is 3.16. The van der Waals surface area contributed by atoms with E-state index in [1.807, 2.05) is 20.9 Å². The second kappa shape index (κ2) is 10.9. The van der Waals surface area contributed by atoms with Crippen LogP contribution in [0.1, 0.15) is 37.0 Å². The molecule has 0 unspecified atom stereocenters. The number of nitrogens with one attached hydrogen (secondary N) is 2. The normalized spacial score (nSPS) is 9.96. The molecule has 0 aliphatic heterocycles. The van der Waals surface area contributed by atoms with E-state index < -0.39 is 5.97 Å². The molecule has 1 aromatic rings. The minimum absolute atomic E-state index is 0. The summed E-state index contributed by atoms with van der Waals surface area (Å²) in [6.45, 7) is 4.56. The summed E-state index contributed by atoms with van der Waals surface area (Å²) in [6, 6.07) is 4.84. The van der Waals surface area contributed by atoms with Crippen LogP contribution in [0.15, 0.2) is 18.2 Å². The van der Waals surface area contributed by atoms with Gasteiger partial charge in [-0.3, -0.25) is 4.79 Å². The zero-order valence-electron chi connectivity index (χ0n) is 14.0. The van der Waals surface area contributed by atoms with Crippen molar-refractivity contribution < 1.29 is 19.1 Å². The van der Waals surface area contributed by atoms with Crippen molar-refractivity contribution in [2.24, 2.45) is 0 Å². The molecule has 0 spiro atoms. The Bertz CT molecular complexity index is 521. The van der Waals surface area contributed by atoms with Crippen molar-refractivity contribution in [1.29, 1.82) is 0 Å². The topological polar surface area (TPSA) is 76.7 Å². The van der Waals surface area contributed by atoms with Gasteiger partial charge in [0.25, 0.3) is 0 Å². The Kier molecular flexibility index (Phi) is 10.0. The van der Waals surface area contributed by atoms with Crippen molar-refractivity contribution in [2.45, 2.75) is 32.8 Å². The third-order valence-corrected chi connectivity index (χ3v) is 2.87. The lowest BCUT2D eigenvalue weighted by Crippen LogP contribution is -2.17. The molecule has 0 atom stereocenters. The summed E-state index contributed by atoms with van der Waals surface area (Å²) in [5, 5.41) is 5.78.